The van der Waals surface area contributed by atoms with Gasteiger partial charge in [-0.3, -0.25) is 9.78 Å². The van der Waals surface area contributed by atoms with E-state index in [9.17, 15) is 18.0 Å². The van der Waals surface area contributed by atoms with Crippen molar-refractivity contribution < 1.29 is 18.0 Å². The third kappa shape index (κ3) is 3.90. The van der Waals surface area contributed by atoms with E-state index >= 15 is 0 Å². The Hall–Kier alpha value is -1.89. The van der Waals surface area contributed by atoms with E-state index in [-0.39, 0.29) is 4.47 Å². The minimum Gasteiger partial charge on any atom is -0.341 e. The van der Waals surface area contributed by atoms with E-state index in [1.54, 1.807) is 38.2 Å². The largest absolute Gasteiger partial charge is 0.417 e. The summed E-state index contributed by atoms with van der Waals surface area (Å²) in [6.45, 7) is 3.36. The number of pyridine rings is 1. The average molecular weight is 387 g/mol. The van der Waals surface area contributed by atoms with Gasteiger partial charge in [0.05, 0.1) is 22.4 Å². The molecule has 0 bridgehead atoms. The zero-order valence-electron chi connectivity index (χ0n) is 12.4. The van der Waals surface area contributed by atoms with E-state index in [4.69, 9.17) is 0 Å². The molecule has 0 saturated heterocycles. The molecular formula is C16H14BrF3N2O. The summed E-state index contributed by atoms with van der Waals surface area (Å²) in [5.74, 6) is -0.819. The highest BCUT2D eigenvalue weighted by atomic mass is 79.9. The van der Waals surface area contributed by atoms with Crippen molar-refractivity contribution in [3.63, 3.8) is 0 Å². The van der Waals surface area contributed by atoms with Gasteiger partial charge in [-0.05, 0) is 54.0 Å². The van der Waals surface area contributed by atoms with E-state index in [1.165, 1.54) is 12.1 Å². The maximum Gasteiger partial charge on any atom is 0.417 e. The van der Waals surface area contributed by atoms with E-state index in [1.807, 2.05) is 0 Å². The molecule has 0 spiro atoms. The second-order valence-corrected chi connectivity index (χ2v) is 6.31. The molecule has 122 valence electrons. The lowest BCUT2D eigenvalue weighted by atomic mass is 9.98. The lowest BCUT2D eigenvalue weighted by Gasteiger charge is -2.26. The first-order valence-electron chi connectivity index (χ1n) is 6.72. The minimum atomic E-state index is -4.62. The standard InChI is InChI=1S/C16H14BrF3N2O/c1-15(2,12-8-3-4-9-21-12)22-14(23)13-10(16(18,19)20)6-5-7-11(13)17/h3-9H,1-2H3,(H,22,23). The van der Waals surface area contributed by atoms with Gasteiger partial charge in [0, 0.05) is 10.7 Å². The molecule has 0 radical (unpaired) electrons. The van der Waals surface area contributed by atoms with Gasteiger partial charge in [-0.25, -0.2) is 0 Å². The molecule has 23 heavy (non-hydrogen) atoms. The highest BCUT2D eigenvalue weighted by Gasteiger charge is 2.37. The number of carbonyl (C=O) groups excluding carboxylic acids is 1. The molecular weight excluding hydrogens is 373 g/mol. The smallest absolute Gasteiger partial charge is 0.341 e. The third-order valence-corrected chi connectivity index (χ3v) is 3.94. The number of nitrogens with one attached hydrogen (secondary N) is 1. The Morgan fingerprint density at radius 1 is 1.13 bits per heavy atom. The van der Waals surface area contributed by atoms with Gasteiger partial charge in [0.2, 0.25) is 0 Å². The van der Waals surface area contributed by atoms with E-state index in [0.29, 0.717) is 5.69 Å². The summed E-state index contributed by atoms with van der Waals surface area (Å²) < 4.78 is 39.5. The fourth-order valence-corrected chi connectivity index (χ4v) is 2.68. The molecule has 1 aromatic carbocycles. The molecule has 1 amide bonds. The maximum absolute atomic E-state index is 13.1. The highest BCUT2D eigenvalue weighted by Crippen LogP contribution is 2.35. The molecule has 3 nitrogen and oxygen atoms in total. The Kier molecular flexibility index (Phi) is 4.79. The molecule has 0 aliphatic carbocycles. The molecule has 2 rings (SSSR count). The molecule has 1 N–H and O–H groups in total. The Balaban J connectivity index is 2.39. The molecule has 0 fully saturated rings. The van der Waals surface area contributed by atoms with Crippen molar-refractivity contribution in [2.75, 3.05) is 0 Å². The monoisotopic (exact) mass is 386 g/mol. The van der Waals surface area contributed by atoms with Crippen LogP contribution in [0.5, 0.6) is 0 Å². The maximum atomic E-state index is 13.1. The molecule has 1 heterocycles. The van der Waals surface area contributed by atoms with Crippen LogP contribution in [0.2, 0.25) is 0 Å². The van der Waals surface area contributed by atoms with Gasteiger partial charge in [0.25, 0.3) is 5.91 Å². The summed E-state index contributed by atoms with van der Waals surface area (Å²) in [6.07, 6.45) is -3.06. The van der Waals surface area contributed by atoms with Crippen LogP contribution in [0.15, 0.2) is 47.1 Å². The van der Waals surface area contributed by atoms with Gasteiger partial charge >= 0.3 is 6.18 Å². The van der Waals surface area contributed by atoms with Gasteiger partial charge in [0.1, 0.15) is 0 Å². The SMILES string of the molecule is CC(C)(NC(=O)c1c(Br)cccc1C(F)(F)F)c1ccccn1. The van der Waals surface area contributed by atoms with Crippen molar-refractivity contribution >= 4 is 21.8 Å². The topological polar surface area (TPSA) is 42.0 Å². The molecule has 0 atom stereocenters. The van der Waals surface area contributed by atoms with Crippen molar-refractivity contribution in [2.45, 2.75) is 25.6 Å². The summed E-state index contributed by atoms with van der Waals surface area (Å²) in [5.41, 5.74) is -1.80. The number of carbonyl (C=O) groups is 1. The Morgan fingerprint density at radius 2 is 1.83 bits per heavy atom. The first-order chi connectivity index (χ1) is 10.6. The molecule has 7 heteroatoms. The van der Waals surface area contributed by atoms with Crippen LogP contribution >= 0.6 is 15.9 Å². The zero-order chi connectivity index (χ0) is 17.3. The normalized spacial score (nSPS) is 12.1. The van der Waals surface area contributed by atoms with Crippen molar-refractivity contribution in [1.82, 2.24) is 10.3 Å². The first-order valence-corrected chi connectivity index (χ1v) is 7.52. The van der Waals surface area contributed by atoms with E-state index in [0.717, 1.165) is 6.07 Å². The Morgan fingerprint density at radius 3 is 2.39 bits per heavy atom. The van der Waals surface area contributed by atoms with Crippen LogP contribution in [0.25, 0.3) is 0 Å². The quantitative estimate of drug-likeness (QED) is 0.841. The average Bonchev–Trinajstić information content (AvgIpc) is 2.46. The number of aromatic nitrogens is 1. The van der Waals surface area contributed by atoms with Crippen molar-refractivity contribution in [2.24, 2.45) is 0 Å². The van der Waals surface area contributed by atoms with Gasteiger partial charge in [-0.15, -0.1) is 0 Å². The van der Waals surface area contributed by atoms with Crippen LogP contribution in [0.4, 0.5) is 13.2 Å². The number of hydrogen-bond donors (Lipinski definition) is 1. The highest BCUT2D eigenvalue weighted by molar-refractivity contribution is 9.10. The summed E-state index contributed by atoms with van der Waals surface area (Å²) in [6, 6.07) is 8.69. The number of rotatable bonds is 3. The number of hydrogen-bond acceptors (Lipinski definition) is 2. The van der Waals surface area contributed by atoms with Gasteiger partial charge in [0.15, 0.2) is 0 Å². The number of alkyl halides is 3. The van der Waals surface area contributed by atoms with E-state index in [2.05, 4.69) is 26.2 Å². The lowest BCUT2D eigenvalue weighted by molar-refractivity contribution is -0.138. The lowest BCUT2D eigenvalue weighted by Crippen LogP contribution is -2.42. The van der Waals surface area contributed by atoms with Crippen LogP contribution in [-0.4, -0.2) is 10.9 Å². The summed E-state index contributed by atoms with van der Waals surface area (Å²) in [5, 5.41) is 2.61. The van der Waals surface area contributed by atoms with Crippen LogP contribution in [0.1, 0.15) is 35.5 Å². The zero-order valence-corrected chi connectivity index (χ0v) is 14.0. The van der Waals surface area contributed by atoms with Crippen LogP contribution in [0.3, 0.4) is 0 Å². The Labute approximate surface area is 140 Å². The fourth-order valence-electron chi connectivity index (χ4n) is 2.13. The van der Waals surface area contributed by atoms with Gasteiger partial charge in [-0.2, -0.15) is 13.2 Å². The first kappa shape index (κ1) is 17.5. The second-order valence-electron chi connectivity index (χ2n) is 5.45. The summed E-state index contributed by atoms with van der Waals surface area (Å²) >= 11 is 3.03. The van der Waals surface area contributed by atoms with Crippen LogP contribution < -0.4 is 5.32 Å². The van der Waals surface area contributed by atoms with Crippen LogP contribution in [0, 0.1) is 0 Å². The number of halogens is 4. The summed E-state index contributed by atoms with van der Waals surface area (Å²) in [7, 11) is 0. The predicted octanol–water partition coefficient (Wildman–Crippen LogP) is 4.53. The van der Waals surface area contributed by atoms with E-state index < -0.39 is 28.7 Å². The fraction of sp³-hybridized carbons (Fsp3) is 0.250. The third-order valence-electron chi connectivity index (χ3n) is 3.28. The number of benzene rings is 1. The van der Waals surface area contributed by atoms with Crippen molar-refractivity contribution in [1.29, 1.82) is 0 Å². The van der Waals surface area contributed by atoms with Crippen molar-refractivity contribution in [3.8, 4) is 0 Å². The molecule has 1 aromatic heterocycles. The minimum absolute atomic E-state index is 0.0849. The van der Waals surface area contributed by atoms with Gasteiger partial charge < -0.3 is 5.32 Å². The molecule has 0 saturated carbocycles. The molecule has 0 aliphatic rings. The van der Waals surface area contributed by atoms with Gasteiger partial charge in [-0.1, -0.05) is 12.1 Å². The predicted molar refractivity (Wildman–Crippen MR) is 83.9 cm³/mol. The molecule has 0 aliphatic heterocycles. The summed E-state index contributed by atoms with van der Waals surface area (Å²) in [4.78, 5) is 16.6. The number of amides is 1. The molecule has 0 unspecified atom stereocenters. The second kappa shape index (κ2) is 6.31. The molecule has 2 aromatic rings. The van der Waals surface area contributed by atoms with Crippen molar-refractivity contribution in [3.05, 3.63) is 63.9 Å². The van der Waals surface area contributed by atoms with Crippen LogP contribution in [-0.2, 0) is 11.7 Å². The number of nitrogens with zero attached hydrogens (tertiary/aromatic N) is 1. The Bertz CT molecular complexity index is 715.